The zero-order valence-corrected chi connectivity index (χ0v) is 11.0. The largest absolute Gasteiger partial charge is 0.483 e. The smallest absolute Gasteiger partial charge is 0.463 e. The molecule has 0 saturated heterocycles. The van der Waals surface area contributed by atoms with E-state index in [0.29, 0.717) is 6.61 Å². The van der Waals surface area contributed by atoms with E-state index in [9.17, 15) is 4.79 Å². The SMILES string of the molecule is C=CC(=O)OCCC.CO[SiH](OC)OC. The van der Waals surface area contributed by atoms with Crippen molar-refractivity contribution in [2.45, 2.75) is 13.3 Å². The fourth-order valence-electron chi connectivity index (χ4n) is 0.550. The summed E-state index contributed by atoms with van der Waals surface area (Å²) in [5, 5.41) is 0. The van der Waals surface area contributed by atoms with Crippen LogP contribution in [0.2, 0.25) is 0 Å². The van der Waals surface area contributed by atoms with Crippen LogP contribution in [0.15, 0.2) is 12.7 Å². The molecule has 0 fully saturated rings. The summed E-state index contributed by atoms with van der Waals surface area (Å²) >= 11 is 0. The second-order valence-electron chi connectivity index (χ2n) is 2.37. The van der Waals surface area contributed by atoms with Gasteiger partial charge < -0.3 is 18.0 Å². The monoisotopic (exact) mass is 236 g/mol. The van der Waals surface area contributed by atoms with E-state index in [4.69, 9.17) is 13.3 Å². The predicted molar refractivity (Wildman–Crippen MR) is 59.6 cm³/mol. The van der Waals surface area contributed by atoms with Crippen LogP contribution in [-0.2, 0) is 22.8 Å². The topological polar surface area (TPSA) is 54.0 Å². The van der Waals surface area contributed by atoms with Crippen molar-refractivity contribution in [1.82, 2.24) is 0 Å². The third-order valence-electron chi connectivity index (χ3n) is 1.19. The van der Waals surface area contributed by atoms with Gasteiger partial charge in [-0.2, -0.15) is 0 Å². The molecule has 0 aromatic heterocycles. The lowest BCUT2D eigenvalue weighted by atomic mass is 10.5. The van der Waals surface area contributed by atoms with Crippen molar-refractivity contribution >= 4 is 15.5 Å². The van der Waals surface area contributed by atoms with E-state index in [2.05, 4.69) is 11.3 Å². The van der Waals surface area contributed by atoms with Gasteiger partial charge in [-0.3, -0.25) is 0 Å². The van der Waals surface area contributed by atoms with Gasteiger partial charge in [0, 0.05) is 27.4 Å². The number of esters is 1. The minimum Gasteiger partial charge on any atom is -0.463 e. The zero-order chi connectivity index (χ0) is 12.1. The van der Waals surface area contributed by atoms with Gasteiger partial charge >= 0.3 is 15.5 Å². The Morgan fingerprint density at radius 3 is 1.93 bits per heavy atom. The molecular formula is C9H20O5Si. The molecule has 0 amide bonds. The molecule has 0 aromatic carbocycles. The van der Waals surface area contributed by atoms with Crippen molar-refractivity contribution in [1.29, 1.82) is 0 Å². The standard InChI is InChI=1S/C6H10O2.C3H10O3Si/c1-3-5-8-6(7)4-2;1-4-7(5-2)6-3/h4H,2-3,5H2,1H3;7H,1-3H3. The van der Waals surface area contributed by atoms with Gasteiger partial charge in [0.1, 0.15) is 0 Å². The fraction of sp³-hybridized carbons (Fsp3) is 0.667. The quantitative estimate of drug-likeness (QED) is 0.387. The Labute approximate surface area is 92.9 Å². The van der Waals surface area contributed by atoms with Crippen molar-refractivity contribution in [3.63, 3.8) is 0 Å². The minimum atomic E-state index is -1.67. The van der Waals surface area contributed by atoms with Crippen LogP contribution in [0.1, 0.15) is 13.3 Å². The number of ether oxygens (including phenoxy) is 1. The van der Waals surface area contributed by atoms with Gasteiger partial charge in [0.25, 0.3) is 0 Å². The second kappa shape index (κ2) is 13.3. The van der Waals surface area contributed by atoms with E-state index in [1.807, 2.05) is 6.92 Å². The summed E-state index contributed by atoms with van der Waals surface area (Å²) in [6.45, 7) is 5.67. The first kappa shape index (κ1) is 16.7. The van der Waals surface area contributed by atoms with E-state index in [0.717, 1.165) is 12.5 Å². The summed E-state index contributed by atoms with van der Waals surface area (Å²) in [5.74, 6) is -0.341. The minimum absolute atomic E-state index is 0.341. The zero-order valence-electron chi connectivity index (χ0n) is 9.82. The maximum atomic E-state index is 10.2. The molecule has 15 heavy (non-hydrogen) atoms. The summed E-state index contributed by atoms with van der Waals surface area (Å²) in [4.78, 5) is 10.2. The summed E-state index contributed by atoms with van der Waals surface area (Å²) in [6.07, 6.45) is 2.02. The molecule has 90 valence electrons. The van der Waals surface area contributed by atoms with Crippen LogP contribution in [0.5, 0.6) is 0 Å². The Kier molecular flexibility index (Phi) is 14.8. The average molecular weight is 236 g/mol. The molecule has 0 aromatic rings. The van der Waals surface area contributed by atoms with Gasteiger partial charge in [0.2, 0.25) is 0 Å². The number of hydrogen-bond donors (Lipinski definition) is 0. The fourth-order valence-corrected chi connectivity index (χ4v) is 1.13. The molecule has 0 heterocycles. The van der Waals surface area contributed by atoms with Crippen LogP contribution >= 0.6 is 0 Å². The van der Waals surface area contributed by atoms with Gasteiger partial charge in [-0.1, -0.05) is 13.5 Å². The first-order chi connectivity index (χ1) is 7.15. The highest BCUT2D eigenvalue weighted by atomic mass is 28.3. The lowest BCUT2D eigenvalue weighted by molar-refractivity contribution is -0.137. The van der Waals surface area contributed by atoms with E-state index in [1.165, 1.54) is 0 Å². The summed E-state index contributed by atoms with van der Waals surface area (Å²) in [7, 11) is 3.05. The highest BCUT2D eigenvalue weighted by Gasteiger charge is 2.04. The van der Waals surface area contributed by atoms with Crippen LogP contribution < -0.4 is 0 Å². The Morgan fingerprint density at radius 1 is 1.27 bits per heavy atom. The van der Waals surface area contributed by atoms with Gasteiger partial charge in [-0.15, -0.1) is 0 Å². The lowest BCUT2D eigenvalue weighted by Crippen LogP contribution is -2.21. The lowest BCUT2D eigenvalue weighted by Gasteiger charge is -2.05. The summed E-state index contributed by atoms with van der Waals surface area (Å²) < 4.78 is 18.8. The third kappa shape index (κ3) is 13.3. The Hall–Kier alpha value is -0.693. The molecule has 5 nitrogen and oxygen atoms in total. The van der Waals surface area contributed by atoms with Gasteiger partial charge in [-0.25, -0.2) is 4.79 Å². The molecule has 0 aliphatic carbocycles. The molecule has 0 spiro atoms. The van der Waals surface area contributed by atoms with Crippen molar-refractivity contribution in [3.8, 4) is 0 Å². The molecule has 0 aliphatic heterocycles. The number of carbonyl (C=O) groups excluding carboxylic acids is 1. The highest BCUT2D eigenvalue weighted by Crippen LogP contribution is 1.81. The number of rotatable bonds is 6. The van der Waals surface area contributed by atoms with Crippen LogP contribution in [0, 0.1) is 0 Å². The molecule has 0 aliphatic rings. The maximum absolute atomic E-state index is 10.2. The molecular weight excluding hydrogens is 216 g/mol. The van der Waals surface area contributed by atoms with Crippen molar-refractivity contribution in [3.05, 3.63) is 12.7 Å². The Morgan fingerprint density at radius 2 is 1.73 bits per heavy atom. The average Bonchev–Trinajstić information content (AvgIpc) is 2.29. The van der Waals surface area contributed by atoms with Crippen LogP contribution in [0.4, 0.5) is 0 Å². The van der Waals surface area contributed by atoms with Crippen LogP contribution in [0.25, 0.3) is 0 Å². The first-order valence-corrected chi connectivity index (χ1v) is 5.95. The van der Waals surface area contributed by atoms with Crippen molar-refractivity contribution in [2.24, 2.45) is 0 Å². The molecule has 0 saturated carbocycles. The molecule has 0 unspecified atom stereocenters. The normalized spacial score (nSPS) is 9.13. The second-order valence-corrected chi connectivity index (χ2v) is 4.36. The third-order valence-corrected chi connectivity index (χ3v) is 2.35. The highest BCUT2D eigenvalue weighted by molar-refractivity contribution is 6.36. The van der Waals surface area contributed by atoms with Gasteiger partial charge in [0.15, 0.2) is 0 Å². The van der Waals surface area contributed by atoms with E-state index >= 15 is 0 Å². The molecule has 0 N–H and O–H groups in total. The molecule has 0 atom stereocenters. The Balaban J connectivity index is 0. The molecule has 6 heteroatoms. The number of carbonyl (C=O) groups is 1. The maximum Gasteiger partial charge on any atom is 0.483 e. The van der Waals surface area contributed by atoms with Crippen molar-refractivity contribution < 1.29 is 22.8 Å². The van der Waals surface area contributed by atoms with E-state index < -0.39 is 9.53 Å². The van der Waals surface area contributed by atoms with Gasteiger partial charge in [-0.05, 0) is 6.42 Å². The molecule has 0 bridgehead atoms. The predicted octanol–water partition coefficient (Wildman–Crippen LogP) is 0.768. The molecule has 0 radical (unpaired) electrons. The van der Waals surface area contributed by atoms with Crippen LogP contribution in [-0.4, -0.2) is 43.4 Å². The Bertz CT molecular complexity index is 153. The number of hydrogen-bond acceptors (Lipinski definition) is 5. The van der Waals surface area contributed by atoms with Crippen LogP contribution in [0.3, 0.4) is 0 Å². The molecule has 0 rings (SSSR count). The summed E-state index contributed by atoms with van der Waals surface area (Å²) in [6, 6.07) is 0. The van der Waals surface area contributed by atoms with E-state index in [1.54, 1.807) is 21.3 Å². The first-order valence-electron chi connectivity index (χ1n) is 4.53. The summed E-state index contributed by atoms with van der Waals surface area (Å²) in [5.41, 5.74) is 0. The van der Waals surface area contributed by atoms with Gasteiger partial charge in [0.05, 0.1) is 6.61 Å². The van der Waals surface area contributed by atoms with Crippen molar-refractivity contribution in [2.75, 3.05) is 27.9 Å². The van der Waals surface area contributed by atoms with E-state index in [-0.39, 0.29) is 5.97 Å².